The van der Waals surface area contributed by atoms with Gasteiger partial charge in [-0.05, 0) is 31.2 Å². The highest BCUT2D eigenvalue weighted by Crippen LogP contribution is 2.17. The number of carbonyl (C=O) groups excluding carboxylic acids is 1. The Bertz CT molecular complexity index is 598. The van der Waals surface area contributed by atoms with E-state index in [0.29, 0.717) is 6.54 Å². The Kier molecular flexibility index (Phi) is 4.11. The number of rotatable bonds is 3. The summed E-state index contributed by atoms with van der Waals surface area (Å²) in [7, 11) is 0. The SMILES string of the molecule is Cc1ccc(CNC(=O)Nc2cccc(F)c2F)s1. The molecule has 6 heteroatoms. The van der Waals surface area contributed by atoms with Gasteiger partial charge in [-0.3, -0.25) is 0 Å². The van der Waals surface area contributed by atoms with Gasteiger partial charge in [0.05, 0.1) is 12.2 Å². The number of urea groups is 1. The van der Waals surface area contributed by atoms with Gasteiger partial charge in [0.15, 0.2) is 11.6 Å². The third-order valence-electron chi connectivity index (χ3n) is 2.42. The minimum atomic E-state index is -1.07. The van der Waals surface area contributed by atoms with E-state index in [1.54, 1.807) is 11.3 Å². The normalized spacial score (nSPS) is 10.3. The molecule has 2 rings (SSSR count). The molecule has 0 atom stereocenters. The summed E-state index contributed by atoms with van der Waals surface area (Å²) in [5, 5.41) is 4.85. The lowest BCUT2D eigenvalue weighted by Crippen LogP contribution is -2.28. The summed E-state index contributed by atoms with van der Waals surface area (Å²) in [6.07, 6.45) is 0. The van der Waals surface area contributed by atoms with Crippen molar-refractivity contribution < 1.29 is 13.6 Å². The summed E-state index contributed by atoms with van der Waals surface area (Å²) in [5.41, 5.74) is -0.181. The standard InChI is InChI=1S/C13H12F2N2OS/c1-8-5-6-9(19-8)7-16-13(18)17-11-4-2-3-10(14)12(11)15/h2-6H,7H2,1H3,(H2,16,17,18). The average Bonchev–Trinajstić information content (AvgIpc) is 2.78. The molecule has 0 aliphatic rings. The number of carbonyl (C=O) groups is 1. The van der Waals surface area contributed by atoms with Crippen LogP contribution in [0.1, 0.15) is 9.75 Å². The molecule has 2 amide bonds. The molecular formula is C13H12F2N2OS. The first-order valence-corrected chi connectivity index (χ1v) is 6.42. The molecule has 0 bridgehead atoms. The van der Waals surface area contributed by atoms with E-state index >= 15 is 0 Å². The molecule has 0 saturated heterocycles. The van der Waals surface area contributed by atoms with Gasteiger partial charge in [-0.15, -0.1) is 11.3 Å². The largest absolute Gasteiger partial charge is 0.333 e. The summed E-state index contributed by atoms with van der Waals surface area (Å²) >= 11 is 1.57. The quantitative estimate of drug-likeness (QED) is 0.886. The number of nitrogens with one attached hydrogen (secondary N) is 2. The topological polar surface area (TPSA) is 41.1 Å². The molecule has 1 aromatic heterocycles. The molecule has 0 radical (unpaired) electrons. The first-order chi connectivity index (χ1) is 9.06. The Morgan fingerprint density at radius 1 is 1.26 bits per heavy atom. The van der Waals surface area contributed by atoms with Crippen molar-refractivity contribution in [1.29, 1.82) is 0 Å². The molecule has 0 aliphatic carbocycles. The summed E-state index contributed by atoms with van der Waals surface area (Å²) in [4.78, 5) is 13.7. The van der Waals surface area contributed by atoms with Crippen LogP contribution in [0.25, 0.3) is 0 Å². The molecule has 0 spiro atoms. The highest BCUT2D eigenvalue weighted by atomic mass is 32.1. The van der Waals surface area contributed by atoms with Crippen LogP contribution >= 0.6 is 11.3 Å². The number of halogens is 2. The second kappa shape index (κ2) is 5.79. The van der Waals surface area contributed by atoms with Gasteiger partial charge in [0.2, 0.25) is 0 Å². The van der Waals surface area contributed by atoms with Crippen molar-refractivity contribution in [2.45, 2.75) is 13.5 Å². The second-order valence-corrected chi connectivity index (χ2v) is 5.29. The van der Waals surface area contributed by atoms with Crippen molar-refractivity contribution in [3.8, 4) is 0 Å². The van der Waals surface area contributed by atoms with E-state index in [0.717, 1.165) is 15.8 Å². The first kappa shape index (κ1) is 13.5. The number of benzene rings is 1. The lowest BCUT2D eigenvalue weighted by molar-refractivity contribution is 0.251. The van der Waals surface area contributed by atoms with Gasteiger partial charge < -0.3 is 10.6 Å². The van der Waals surface area contributed by atoms with Gasteiger partial charge in [-0.1, -0.05) is 6.07 Å². The van der Waals surface area contributed by atoms with Crippen LogP contribution in [0.2, 0.25) is 0 Å². The Morgan fingerprint density at radius 3 is 2.74 bits per heavy atom. The number of hydrogen-bond acceptors (Lipinski definition) is 2. The fourth-order valence-electron chi connectivity index (χ4n) is 1.51. The van der Waals surface area contributed by atoms with Crippen molar-refractivity contribution in [1.82, 2.24) is 5.32 Å². The minimum Gasteiger partial charge on any atom is -0.333 e. The van der Waals surface area contributed by atoms with Crippen LogP contribution in [0.3, 0.4) is 0 Å². The van der Waals surface area contributed by atoms with E-state index < -0.39 is 17.7 Å². The molecule has 0 fully saturated rings. The number of anilines is 1. The van der Waals surface area contributed by atoms with Crippen molar-refractivity contribution in [2.75, 3.05) is 5.32 Å². The maximum atomic E-state index is 13.3. The number of thiophene rings is 1. The summed E-state index contributed by atoms with van der Waals surface area (Å²) in [5.74, 6) is -2.06. The number of aryl methyl sites for hydroxylation is 1. The Balaban J connectivity index is 1.92. The lowest BCUT2D eigenvalue weighted by atomic mass is 10.3. The van der Waals surface area contributed by atoms with Crippen LogP contribution in [0.5, 0.6) is 0 Å². The van der Waals surface area contributed by atoms with Gasteiger partial charge >= 0.3 is 6.03 Å². The lowest BCUT2D eigenvalue weighted by Gasteiger charge is -2.07. The van der Waals surface area contributed by atoms with Crippen molar-refractivity contribution in [3.05, 3.63) is 51.7 Å². The molecule has 19 heavy (non-hydrogen) atoms. The molecule has 1 heterocycles. The third-order valence-corrected chi connectivity index (χ3v) is 3.42. The molecule has 0 unspecified atom stereocenters. The van der Waals surface area contributed by atoms with E-state index in [1.165, 1.54) is 12.1 Å². The zero-order valence-corrected chi connectivity index (χ0v) is 11.0. The third kappa shape index (κ3) is 3.51. The van der Waals surface area contributed by atoms with Crippen LogP contribution < -0.4 is 10.6 Å². The molecule has 0 aliphatic heterocycles. The zero-order valence-electron chi connectivity index (χ0n) is 10.2. The van der Waals surface area contributed by atoms with Crippen LogP contribution in [-0.2, 0) is 6.54 Å². The van der Waals surface area contributed by atoms with Gasteiger partial charge in [-0.25, -0.2) is 13.6 Å². The Morgan fingerprint density at radius 2 is 2.05 bits per heavy atom. The highest BCUT2D eigenvalue weighted by molar-refractivity contribution is 7.11. The van der Waals surface area contributed by atoms with E-state index in [-0.39, 0.29) is 5.69 Å². The number of hydrogen-bond donors (Lipinski definition) is 2. The maximum absolute atomic E-state index is 13.3. The number of amides is 2. The highest BCUT2D eigenvalue weighted by Gasteiger charge is 2.10. The fourth-order valence-corrected chi connectivity index (χ4v) is 2.34. The van der Waals surface area contributed by atoms with Gasteiger partial charge in [0.1, 0.15) is 0 Å². The molecular weight excluding hydrogens is 270 g/mol. The van der Waals surface area contributed by atoms with E-state index in [9.17, 15) is 13.6 Å². The van der Waals surface area contributed by atoms with Crippen LogP contribution in [-0.4, -0.2) is 6.03 Å². The monoisotopic (exact) mass is 282 g/mol. The molecule has 100 valence electrons. The molecule has 3 nitrogen and oxygen atoms in total. The molecule has 2 aromatic rings. The van der Waals surface area contributed by atoms with Crippen molar-refractivity contribution in [2.24, 2.45) is 0 Å². The summed E-state index contributed by atoms with van der Waals surface area (Å²) in [6.45, 7) is 2.32. The van der Waals surface area contributed by atoms with Gasteiger partial charge in [0.25, 0.3) is 0 Å². The van der Waals surface area contributed by atoms with Gasteiger partial charge in [-0.2, -0.15) is 0 Å². The summed E-state index contributed by atoms with van der Waals surface area (Å²) in [6, 6.07) is 6.90. The van der Waals surface area contributed by atoms with Crippen LogP contribution in [0, 0.1) is 18.6 Å². The minimum absolute atomic E-state index is 0.181. The predicted octanol–water partition coefficient (Wildman–Crippen LogP) is 3.66. The van der Waals surface area contributed by atoms with Crippen molar-refractivity contribution in [3.63, 3.8) is 0 Å². The average molecular weight is 282 g/mol. The van der Waals surface area contributed by atoms with E-state index in [2.05, 4.69) is 10.6 Å². The van der Waals surface area contributed by atoms with Gasteiger partial charge in [0, 0.05) is 9.75 Å². The summed E-state index contributed by atoms with van der Waals surface area (Å²) < 4.78 is 26.3. The Labute approximate surface area is 113 Å². The molecule has 0 saturated carbocycles. The Hall–Kier alpha value is -1.95. The van der Waals surface area contributed by atoms with Crippen LogP contribution in [0.15, 0.2) is 30.3 Å². The van der Waals surface area contributed by atoms with E-state index in [1.807, 2.05) is 19.1 Å². The smallest absolute Gasteiger partial charge is 0.319 e. The fraction of sp³-hybridized carbons (Fsp3) is 0.154. The van der Waals surface area contributed by atoms with E-state index in [4.69, 9.17) is 0 Å². The molecule has 1 aromatic carbocycles. The second-order valence-electron chi connectivity index (χ2n) is 3.92. The zero-order chi connectivity index (χ0) is 13.8. The van der Waals surface area contributed by atoms with Crippen LogP contribution in [0.4, 0.5) is 19.3 Å². The van der Waals surface area contributed by atoms with Crippen molar-refractivity contribution >= 4 is 23.1 Å². The maximum Gasteiger partial charge on any atom is 0.319 e. The first-order valence-electron chi connectivity index (χ1n) is 5.60. The molecule has 2 N–H and O–H groups in total. The predicted molar refractivity (Wildman–Crippen MR) is 71.3 cm³/mol.